The van der Waals surface area contributed by atoms with Gasteiger partial charge in [-0.1, -0.05) is 62.9 Å². The number of nitrogens with two attached hydrogens (primary N) is 1. The fourth-order valence-electron chi connectivity index (χ4n) is 8.13. The number of unbranched alkanes of at least 4 members (excludes halogenated alkanes) is 1. The van der Waals surface area contributed by atoms with Gasteiger partial charge in [-0.05, 0) is 96.1 Å². The number of hydrogen-bond acceptors (Lipinski definition) is 10. The van der Waals surface area contributed by atoms with Gasteiger partial charge in [0.15, 0.2) is 0 Å². The van der Waals surface area contributed by atoms with Crippen molar-refractivity contribution < 1.29 is 48.8 Å². The van der Waals surface area contributed by atoms with E-state index >= 15 is 0 Å². The summed E-state index contributed by atoms with van der Waals surface area (Å²) in [5.74, 6) is -3.62. The van der Waals surface area contributed by atoms with E-state index in [1.165, 1.54) is 4.90 Å². The van der Waals surface area contributed by atoms with Gasteiger partial charge in [-0.2, -0.15) is 0 Å². The second-order valence-electron chi connectivity index (χ2n) is 14.9. The molecule has 1 aliphatic carbocycles. The maximum atomic E-state index is 13.1. The Bertz CT molecular complexity index is 1410. The highest BCUT2D eigenvalue weighted by Gasteiger charge is 2.48. The van der Waals surface area contributed by atoms with E-state index in [4.69, 9.17) is 10.5 Å². The number of ether oxygens (including phenoxy) is 1. The Morgan fingerprint density at radius 2 is 1.51 bits per heavy atom. The van der Waals surface area contributed by atoms with E-state index in [0.29, 0.717) is 71.1 Å². The van der Waals surface area contributed by atoms with Crippen molar-refractivity contribution in [1.29, 1.82) is 0 Å². The van der Waals surface area contributed by atoms with Crippen LogP contribution in [0.5, 0.6) is 0 Å². The summed E-state index contributed by atoms with van der Waals surface area (Å²) in [5.41, 5.74) is 6.57. The number of esters is 1. The summed E-state index contributed by atoms with van der Waals surface area (Å²) in [5, 5.41) is 34.7. The molecule has 1 aromatic rings. The van der Waals surface area contributed by atoms with Crippen LogP contribution in [0.1, 0.15) is 110 Å². The zero-order chi connectivity index (χ0) is 40.5. The zero-order valence-electron chi connectivity index (χ0n) is 32.7. The molecule has 2 amide bonds. The van der Waals surface area contributed by atoms with Crippen LogP contribution in [-0.2, 0) is 39.9 Å². The maximum absolute atomic E-state index is 13.1. The van der Waals surface area contributed by atoms with E-state index in [-0.39, 0.29) is 29.7 Å². The third-order valence-corrected chi connectivity index (χ3v) is 10.9. The number of nitrogens with one attached hydrogen (secondary N) is 2. The topological polar surface area (TPSA) is 229 Å². The molecular formula is C40H63N5O10. The monoisotopic (exact) mass is 773 g/mol. The molecule has 1 saturated carbocycles. The molecule has 0 bridgehead atoms. The number of benzene rings is 1. The number of carboxylic acids is 3. The van der Waals surface area contributed by atoms with Gasteiger partial charge in [0.1, 0.15) is 24.2 Å². The molecule has 55 heavy (non-hydrogen) atoms. The fraction of sp³-hybridized carbons (Fsp3) is 0.700. The predicted molar refractivity (Wildman–Crippen MR) is 205 cm³/mol. The highest BCUT2D eigenvalue weighted by atomic mass is 16.5. The second-order valence-corrected chi connectivity index (χ2v) is 14.9. The normalized spacial score (nSPS) is 22.7. The first-order valence-corrected chi connectivity index (χ1v) is 20.1. The van der Waals surface area contributed by atoms with E-state index in [1.807, 2.05) is 37.3 Å². The number of fused-ring (bicyclic) bond motifs is 1. The van der Waals surface area contributed by atoms with Crippen LogP contribution in [0.25, 0.3) is 0 Å². The summed E-state index contributed by atoms with van der Waals surface area (Å²) < 4.78 is 5.09. The highest BCUT2D eigenvalue weighted by Crippen LogP contribution is 2.40. The molecule has 2 aliphatic heterocycles. The van der Waals surface area contributed by atoms with Crippen LogP contribution >= 0.6 is 0 Å². The molecule has 4 rings (SSSR count). The Labute approximate surface area is 324 Å². The summed E-state index contributed by atoms with van der Waals surface area (Å²) in [4.78, 5) is 76.2. The van der Waals surface area contributed by atoms with Crippen molar-refractivity contribution in [2.45, 2.75) is 153 Å². The molecule has 15 nitrogen and oxygen atoms in total. The molecule has 3 aliphatic rings. The van der Waals surface area contributed by atoms with Crippen molar-refractivity contribution in [2.75, 3.05) is 19.7 Å². The van der Waals surface area contributed by atoms with Gasteiger partial charge in [-0.25, -0.2) is 9.59 Å². The van der Waals surface area contributed by atoms with Gasteiger partial charge in [0.05, 0.1) is 18.7 Å². The van der Waals surface area contributed by atoms with Crippen LogP contribution in [0.4, 0.5) is 0 Å². The SMILES string of the molecule is CCC[C@H](N[C@@H](C)C(=O)N1[C@H](C(=O)O)C[C@@H]2CCCC[C@@H]21)C(=O)OCC.NCCCC[C@H](N[C@@H](CCc1ccccc1)C(=O)O)C(=O)N1CCC[C@H]1C(=O)O. The lowest BCUT2D eigenvalue weighted by molar-refractivity contribution is -0.152. The Balaban J connectivity index is 0.000000297. The quantitative estimate of drug-likeness (QED) is 0.0828. The zero-order valence-corrected chi connectivity index (χ0v) is 32.7. The predicted octanol–water partition coefficient (Wildman–Crippen LogP) is 3.18. The lowest BCUT2D eigenvalue weighted by Gasteiger charge is -2.35. The minimum Gasteiger partial charge on any atom is -0.480 e. The molecule has 3 fully saturated rings. The molecule has 7 N–H and O–H groups in total. The third kappa shape index (κ3) is 13.3. The molecular weight excluding hydrogens is 710 g/mol. The molecule has 1 aromatic carbocycles. The van der Waals surface area contributed by atoms with Crippen molar-refractivity contribution in [3.05, 3.63) is 35.9 Å². The standard InChI is InChI=1S/C21H31N3O5.C19H32N2O5/c22-13-5-4-9-16(19(25)24-14-6-10-18(24)21(28)29)23-17(20(26)27)12-11-15-7-2-1-3-8-15;1-4-8-14(19(25)26-5-2)20-12(3)17(22)21-15-10-7-6-9-13(15)11-16(21)18(23)24/h1-3,7-8,16-18,23H,4-6,9-14,22H2,(H,26,27)(H,28,29);12-16,20H,4-11H2,1-3H3,(H,23,24)/t16-,17-,18-;12-,13-,14-,15-,16-/m00/s1. The number of rotatable bonds is 20. The van der Waals surface area contributed by atoms with E-state index in [2.05, 4.69) is 10.6 Å². The van der Waals surface area contributed by atoms with Crippen LogP contribution in [-0.4, -0.2) is 123 Å². The Hall–Kier alpha value is -4.08. The first kappa shape index (κ1) is 45.3. The summed E-state index contributed by atoms with van der Waals surface area (Å²) in [6.07, 6.45) is 9.64. The van der Waals surface area contributed by atoms with Gasteiger partial charge in [-0.3, -0.25) is 29.8 Å². The first-order chi connectivity index (χ1) is 26.3. The second kappa shape index (κ2) is 23.1. The molecule has 8 atom stereocenters. The smallest absolute Gasteiger partial charge is 0.326 e. The molecule has 0 aromatic heterocycles. The number of amides is 2. The van der Waals surface area contributed by atoms with Gasteiger partial charge in [0.2, 0.25) is 11.8 Å². The molecule has 308 valence electrons. The number of nitrogens with zero attached hydrogens (tertiary/aromatic N) is 2. The lowest BCUT2D eigenvalue weighted by atomic mass is 9.84. The van der Waals surface area contributed by atoms with Crippen molar-refractivity contribution in [3.63, 3.8) is 0 Å². The average molecular weight is 774 g/mol. The summed E-state index contributed by atoms with van der Waals surface area (Å²) in [6.45, 7) is 6.58. The number of likely N-dealkylation sites (tertiary alicyclic amines) is 2. The number of carbonyl (C=O) groups excluding carboxylic acids is 3. The van der Waals surface area contributed by atoms with Crippen LogP contribution in [0.15, 0.2) is 30.3 Å². The minimum absolute atomic E-state index is 0.00817. The molecule has 15 heteroatoms. The van der Waals surface area contributed by atoms with Crippen molar-refractivity contribution in [2.24, 2.45) is 11.7 Å². The lowest BCUT2D eigenvalue weighted by Crippen LogP contribution is -2.55. The maximum Gasteiger partial charge on any atom is 0.326 e. The first-order valence-electron chi connectivity index (χ1n) is 20.1. The van der Waals surface area contributed by atoms with Crippen LogP contribution in [0, 0.1) is 5.92 Å². The van der Waals surface area contributed by atoms with E-state index in [9.17, 15) is 44.1 Å². The van der Waals surface area contributed by atoms with E-state index in [0.717, 1.165) is 44.1 Å². The molecule has 2 heterocycles. The third-order valence-electron chi connectivity index (χ3n) is 10.9. The van der Waals surface area contributed by atoms with Gasteiger partial charge in [0.25, 0.3) is 0 Å². The van der Waals surface area contributed by atoms with E-state index < -0.39 is 54.2 Å². The average Bonchev–Trinajstić information content (AvgIpc) is 3.82. The number of aliphatic carboxylic acids is 3. The number of aryl methyl sites for hydroxylation is 1. The van der Waals surface area contributed by atoms with Gasteiger partial charge >= 0.3 is 23.9 Å². The Kier molecular flexibility index (Phi) is 19.0. The van der Waals surface area contributed by atoms with Gasteiger partial charge in [0, 0.05) is 12.6 Å². The van der Waals surface area contributed by atoms with Crippen molar-refractivity contribution >= 4 is 35.7 Å². The molecule has 0 unspecified atom stereocenters. The molecule has 0 spiro atoms. The van der Waals surface area contributed by atoms with Crippen LogP contribution in [0.2, 0.25) is 0 Å². The van der Waals surface area contributed by atoms with Gasteiger partial charge < -0.3 is 35.6 Å². The number of hydrogen-bond donors (Lipinski definition) is 6. The number of carboxylic acid groups (broad SMARTS) is 3. The highest BCUT2D eigenvalue weighted by molar-refractivity contribution is 5.89. The Morgan fingerprint density at radius 3 is 2.13 bits per heavy atom. The fourth-order valence-corrected chi connectivity index (χ4v) is 8.13. The van der Waals surface area contributed by atoms with E-state index in [1.54, 1.807) is 18.7 Å². The van der Waals surface area contributed by atoms with Crippen molar-refractivity contribution in [3.8, 4) is 0 Å². The van der Waals surface area contributed by atoms with Gasteiger partial charge in [-0.15, -0.1) is 0 Å². The van der Waals surface area contributed by atoms with Crippen molar-refractivity contribution in [1.82, 2.24) is 20.4 Å². The summed E-state index contributed by atoms with van der Waals surface area (Å²) in [7, 11) is 0. The van der Waals surface area contributed by atoms with Crippen LogP contribution in [0.3, 0.4) is 0 Å². The van der Waals surface area contributed by atoms with Crippen LogP contribution < -0.4 is 16.4 Å². The number of carbonyl (C=O) groups is 6. The minimum atomic E-state index is -1.02. The molecule has 2 saturated heterocycles. The Morgan fingerprint density at radius 1 is 0.818 bits per heavy atom. The largest absolute Gasteiger partial charge is 0.480 e. The molecule has 0 radical (unpaired) electrons. The summed E-state index contributed by atoms with van der Waals surface area (Å²) >= 11 is 0. The summed E-state index contributed by atoms with van der Waals surface area (Å²) in [6, 6.07) is 5.17.